The maximum absolute atomic E-state index is 12.4. The SMILES string of the molecule is CCC(CC)C(=O)N1CCC(NC(=NC)NCC(=O)N(C)CC(F)(F)F)CC1.I. The molecule has 1 aliphatic rings. The Morgan fingerprint density at radius 3 is 2.21 bits per heavy atom. The number of alkyl halides is 3. The molecule has 1 fully saturated rings. The van der Waals surface area contributed by atoms with Crippen LogP contribution in [0.4, 0.5) is 13.2 Å². The molecule has 170 valence electrons. The zero-order valence-corrected chi connectivity index (χ0v) is 19.8. The van der Waals surface area contributed by atoms with Gasteiger partial charge in [0.25, 0.3) is 0 Å². The maximum Gasteiger partial charge on any atom is 0.406 e. The molecule has 0 saturated carbocycles. The predicted molar refractivity (Wildman–Crippen MR) is 117 cm³/mol. The van der Waals surface area contributed by atoms with Gasteiger partial charge >= 0.3 is 6.18 Å². The van der Waals surface area contributed by atoms with Crippen LogP contribution in [0.25, 0.3) is 0 Å². The fourth-order valence-corrected chi connectivity index (χ4v) is 3.18. The third-order valence-corrected chi connectivity index (χ3v) is 4.96. The normalized spacial score (nSPS) is 15.7. The number of carbonyl (C=O) groups is 2. The summed E-state index contributed by atoms with van der Waals surface area (Å²) in [6, 6.07) is 0.0833. The fraction of sp³-hybridized carbons (Fsp3) is 0.833. The first kappa shape index (κ1) is 27.7. The molecule has 1 rings (SSSR count). The Bertz CT molecular complexity index is 548. The van der Waals surface area contributed by atoms with Crippen LogP contribution in [0.2, 0.25) is 0 Å². The highest BCUT2D eigenvalue weighted by Gasteiger charge is 2.31. The third kappa shape index (κ3) is 9.85. The maximum atomic E-state index is 12.4. The van der Waals surface area contributed by atoms with Crippen LogP contribution in [-0.4, -0.2) is 80.1 Å². The quantitative estimate of drug-likeness (QED) is 0.298. The second-order valence-corrected chi connectivity index (χ2v) is 7.05. The van der Waals surface area contributed by atoms with Gasteiger partial charge in [-0.15, -0.1) is 24.0 Å². The minimum absolute atomic E-state index is 0. The van der Waals surface area contributed by atoms with Crippen LogP contribution in [0.15, 0.2) is 4.99 Å². The molecule has 11 heteroatoms. The standard InChI is InChI=1S/C18H32F3N5O2.HI/c1-5-13(6-2)16(28)26-9-7-14(8-10-26)24-17(22-3)23-11-15(27)25(4)12-18(19,20)21;/h13-14H,5-12H2,1-4H3,(H2,22,23,24);1H. The van der Waals surface area contributed by atoms with Gasteiger partial charge in [0.05, 0.1) is 6.54 Å². The molecule has 0 atom stereocenters. The Morgan fingerprint density at radius 2 is 1.76 bits per heavy atom. The van der Waals surface area contributed by atoms with Crippen molar-refractivity contribution in [3.63, 3.8) is 0 Å². The monoisotopic (exact) mass is 535 g/mol. The van der Waals surface area contributed by atoms with Gasteiger partial charge in [-0.2, -0.15) is 13.2 Å². The number of nitrogens with one attached hydrogen (secondary N) is 2. The fourth-order valence-electron chi connectivity index (χ4n) is 3.18. The number of hydrogen-bond donors (Lipinski definition) is 2. The second-order valence-electron chi connectivity index (χ2n) is 7.05. The van der Waals surface area contributed by atoms with Crippen LogP contribution in [-0.2, 0) is 9.59 Å². The molecule has 1 heterocycles. The molecule has 1 saturated heterocycles. The Morgan fingerprint density at radius 1 is 1.21 bits per heavy atom. The summed E-state index contributed by atoms with van der Waals surface area (Å²) in [5.41, 5.74) is 0. The lowest BCUT2D eigenvalue weighted by atomic mass is 9.98. The summed E-state index contributed by atoms with van der Waals surface area (Å²) in [4.78, 5) is 30.8. The van der Waals surface area contributed by atoms with E-state index >= 15 is 0 Å². The molecule has 0 unspecified atom stereocenters. The molecule has 0 aromatic rings. The van der Waals surface area contributed by atoms with Gasteiger partial charge in [0.15, 0.2) is 5.96 Å². The molecule has 1 aliphatic heterocycles. The number of rotatable bonds is 7. The largest absolute Gasteiger partial charge is 0.406 e. The summed E-state index contributed by atoms with van der Waals surface area (Å²) >= 11 is 0. The molecular weight excluding hydrogens is 502 g/mol. The van der Waals surface area contributed by atoms with Crippen molar-refractivity contribution < 1.29 is 22.8 Å². The van der Waals surface area contributed by atoms with Crippen LogP contribution in [0.1, 0.15) is 39.5 Å². The van der Waals surface area contributed by atoms with E-state index in [1.807, 2.05) is 18.7 Å². The molecule has 7 nitrogen and oxygen atoms in total. The summed E-state index contributed by atoms with van der Waals surface area (Å²) < 4.78 is 37.0. The summed E-state index contributed by atoms with van der Waals surface area (Å²) in [5.74, 6) is -0.0488. The average Bonchev–Trinajstić information content (AvgIpc) is 2.64. The van der Waals surface area contributed by atoms with Gasteiger partial charge in [0.1, 0.15) is 6.54 Å². The molecule has 0 spiro atoms. The van der Waals surface area contributed by atoms with E-state index in [-0.39, 0.29) is 48.4 Å². The molecule has 0 aromatic heterocycles. The number of amides is 2. The minimum Gasteiger partial charge on any atom is -0.354 e. The van der Waals surface area contributed by atoms with Crippen LogP contribution >= 0.6 is 24.0 Å². The van der Waals surface area contributed by atoms with Crippen LogP contribution in [0.5, 0.6) is 0 Å². The molecule has 0 bridgehead atoms. The molecule has 0 aliphatic carbocycles. The van der Waals surface area contributed by atoms with Crippen molar-refractivity contribution in [3.05, 3.63) is 0 Å². The van der Waals surface area contributed by atoms with Gasteiger partial charge < -0.3 is 20.4 Å². The predicted octanol–water partition coefficient (Wildman–Crippen LogP) is 2.22. The Balaban J connectivity index is 0.00000784. The summed E-state index contributed by atoms with van der Waals surface area (Å²) in [6.07, 6.45) is -1.27. The van der Waals surface area contributed by atoms with E-state index in [1.165, 1.54) is 7.05 Å². The third-order valence-electron chi connectivity index (χ3n) is 4.96. The molecule has 2 N–H and O–H groups in total. The van der Waals surface area contributed by atoms with E-state index in [4.69, 9.17) is 0 Å². The van der Waals surface area contributed by atoms with Gasteiger partial charge in [-0.3, -0.25) is 14.6 Å². The van der Waals surface area contributed by atoms with Gasteiger partial charge in [0, 0.05) is 39.1 Å². The highest BCUT2D eigenvalue weighted by Crippen LogP contribution is 2.17. The number of hydrogen-bond acceptors (Lipinski definition) is 3. The topological polar surface area (TPSA) is 77.0 Å². The zero-order chi connectivity index (χ0) is 21.3. The highest BCUT2D eigenvalue weighted by molar-refractivity contribution is 14.0. The van der Waals surface area contributed by atoms with E-state index in [1.54, 1.807) is 0 Å². The number of carbonyl (C=O) groups excluding carboxylic acids is 2. The van der Waals surface area contributed by atoms with Crippen molar-refractivity contribution in [1.29, 1.82) is 0 Å². The molecule has 29 heavy (non-hydrogen) atoms. The lowest BCUT2D eigenvalue weighted by molar-refractivity contribution is -0.157. The smallest absolute Gasteiger partial charge is 0.354 e. The first-order valence-corrected chi connectivity index (χ1v) is 9.67. The lowest BCUT2D eigenvalue weighted by Gasteiger charge is -2.34. The summed E-state index contributed by atoms with van der Waals surface area (Å²) in [5, 5.41) is 5.93. The number of likely N-dealkylation sites (tertiary alicyclic amines) is 1. The first-order chi connectivity index (χ1) is 13.1. The van der Waals surface area contributed by atoms with Crippen molar-refractivity contribution in [2.45, 2.75) is 51.7 Å². The zero-order valence-electron chi connectivity index (χ0n) is 17.5. The van der Waals surface area contributed by atoms with E-state index in [0.717, 1.165) is 32.7 Å². The van der Waals surface area contributed by atoms with Crippen molar-refractivity contribution in [1.82, 2.24) is 20.4 Å². The van der Waals surface area contributed by atoms with Crippen molar-refractivity contribution in [3.8, 4) is 0 Å². The molecular formula is C18H33F3IN5O2. The van der Waals surface area contributed by atoms with Crippen molar-refractivity contribution in [2.75, 3.05) is 40.3 Å². The van der Waals surface area contributed by atoms with E-state index in [2.05, 4.69) is 15.6 Å². The second kappa shape index (κ2) is 13.1. The number of halogens is 4. The number of likely N-dealkylation sites (N-methyl/N-ethyl adjacent to an activating group) is 1. The van der Waals surface area contributed by atoms with Crippen molar-refractivity contribution in [2.24, 2.45) is 10.9 Å². The Hall–Kier alpha value is -1.27. The molecule has 0 radical (unpaired) electrons. The molecule has 2 amide bonds. The van der Waals surface area contributed by atoms with Crippen molar-refractivity contribution >= 4 is 41.8 Å². The van der Waals surface area contributed by atoms with E-state index < -0.39 is 18.6 Å². The Labute approximate surface area is 187 Å². The van der Waals surface area contributed by atoms with Crippen LogP contribution < -0.4 is 10.6 Å². The lowest BCUT2D eigenvalue weighted by Crippen LogP contribution is -2.52. The summed E-state index contributed by atoms with van der Waals surface area (Å²) in [6.45, 7) is 3.77. The number of guanidine groups is 1. The average molecular weight is 535 g/mol. The van der Waals surface area contributed by atoms with Gasteiger partial charge in [-0.1, -0.05) is 13.8 Å². The number of aliphatic imine (C=N–C) groups is 1. The highest BCUT2D eigenvalue weighted by atomic mass is 127. The van der Waals surface area contributed by atoms with E-state index in [9.17, 15) is 22.8 Å². The first-order valence-electron chi connectivity index (χ1n) is 9.67. The minimum atomic E-state index is -4.43. The van der Waals surface area contributed by atoms with Crippen LogP contribution in [0, 0.1) is 5.92 Å². The van der Waals surface area contributed by atoms with E-state index in [0.29, 0.717) is 23.9 Å². The summed E-state index contributed by atoms with van der Waals surface area (Å²) in [7, 11) is 2.64. The number of piperidine rings is 1. The van der Waals surface area contributed by atoms with Gasteiger partial charge in [-0.05, 0) is 25.7 Å². The van der Waals surface area contributed by atoms with Crippen LogP contribution in [0.3, 0.4) is 0 Å². The molecule has 0 aromatic carbocycles. The van der Waals surface area contributed by atoms with Gasteiger partial charge in [0.2, 0.25) is 11.8 Å². The van der Waals surface area contributed by atoms with Gasteiger partial charge in [-0.25, -0.2) is 0 Å². The Kier molecular flexibility index (Phi) is 12.5. The number of nitrogens with zero attached hydrogens (tertiary/aromatic N) is 3.